The van der Waals surface area contributed by atoms with Gasteiger partial charge in [0.2, 0.25) is 0 Å². The fraction of sp³-hybridized carbons (Fsp3) is 0.600. The molecule has 5 heteroatoms. The highest BCUT2D eigenvalue weighted by Gasteiger charge is 2.22. The van der Waals surface area contributed by atoms with Crippen LogP contribution >= 0.6 is 0 Å². The van der Waals surface area contributed by atoms with E-state index in [1.165, 1.54) is 0 Å². The molecule has 1 aliphatic carbocycles. The maximum absolute atomic E-state index is 11.6. The van der Waals surface area contributed by atoms with Crippen molar-refractivity contribution in [1.29, 1.82) is 0 Å². The Bertz CT molecular complexity index is 385. The van der Waals surface area contributed by atoms with Gasteiger partial charge in [0.05, 0.1) is 6.10 Å². The molecule has 0 spiro atoms. The molecule has 1 heterocycles. The lowest BCUT2D eigenvalue weighted by Crippen LogP contribution is -2.28. The molecule has 0 bridgehead atoms. The number of rotatable bonds is 6. The zero-order chi connectivity index (χ0) is 14.4. The minimum Gasteiger partial charge on any atom is -0.609 e. The molecule has 0 N–H and O–H groups in total. The van der Waals surface area contributed by atoms with Crippen LogP contribution in [0.4, 0.5) is 0 Å². The molecule has 0 radical (unpaired) electrons. The van der Waals surface area contributed by atoms with Gasteiger partial charge in [0, 0.05) is 24.2 Å². The number of hydrogen-bond donors (Lipinski definition) is 0. The van der Waals surface area contributed by atoms with Gasteiger partial charge >= 0.3 is 5.09 Å². The van der Waals surface area contributed by atoms with Crippen LogP contribution in [-0.2, 0) is 25.4 Å². The zero-order valence-corrected chi connectivity index (χ0v) is 12.7. The van der Waals surface area contributed by atoms with Crippen LogP contribution in [0.1, 0.15) is 32.6 Å². The summed E-state index contributed by atoms with van der Waals surface area (Å²) < 4.78 is 28.6. The van der Waals surface area contributed by atoms with Crippen LogP contribution in [0.15, 0.2) is 35.7 Å². The summed E-state index contributed by atoms with van der Waals surface area (Å²) >= 11 is -1.14. The molecule has 0 aromatic heterocycles. The highest BCUT2D eigenvalue weighted by Crippen LogP contribution is 2.24. The third-order valence-corrected chi connectivity index (χ3v) is 4.35. The predicted molar refractivity (Wildman–Crippen MR) is 79.2 cm³/mol. The Balaban J connectivity index is 1.80. The van der Waals surface area contributed by atoms with Gasteiger partial charge in [-0.1, -0.05) is 12.2 Å². The van der Waals surface area contributed by atoms with Crippen LogP contribution in [0.2, 0.25) is 0 Å². The monoisotopic (exact) mass is 298 g/mol. The molecule has 0 saturated carbocycles. The van der Waals surface area contributed by atoms with E-state index < -0.39 is 11.2 Å². The van der Waals surface area contributed by atoms with E-state index in [4.69, 9.17) is 14.2 Å². The second-order valence-electron chi connectivity index (χ2n) is 4.80. The van der Waals surface area contributed by atoms with E-state index in [1.807, 2.05) is 25.2 Å². The molecule has 0 aromatic rings. The van der Waals surface area contributed by atoms with Crippen LogP contribution in [0, 0.1) is 0 Å². The van der Waals surface area contributed by atoms with Crippen LogP contribution < -0.4 is 0 Å². The maximum Gasteiger partial charge on any atom is 0.303 e. The average molecular weight is 298 g/mol. The average Bonchev–Trinajstić information content (AvgIpc) is 2.47. The molecule has 112 valence electrons. The first kappa shape index (κ1) is 15.6. The summed E-state index contributed by atoms with van der Waals surface area (Å²) in [6.07, 6.45) is 9.39. The lowest BCUT2D eigenvalue weighted by molar-refractivity contribution is -0.179. The van der Waals surface area contributed by atoms with Crippen molar-refractivity contribution in [2.75, 3.05) is 12.4 Å². The Morgan fingerprint density at radius 3 is 3.10 bits per heavy atom. The molecule has 1 fully saturated rings. The Kier molecular flexibility index (Phi) is 6.16. The maximum atomic E-state index is 11.6. The van der Waals surface area contributed by atoms with Crippen LogP contribution in [0.5, 0.6) is 0 Å². The molecular formula is C15H22O4S. The number of ether oxygens (including phenoxy) is 3. The first-order chi connectivity index (χ1) is 9.69. The largest absolute Gasteiger partial charge is 0.609 e. The SMILES string of the molecule is C=C(OC1=CC=CC(OC2CCCCO2)C1)[S+]([O-])CC. The summed E-state index contributed by atoms with van der Waals surface area (Å²) in [5.41, 5.74) is 0. The highest BCUT2D eigenvalue weighted by molar-refractivity contribution is 7.94. The van der Waals surface area contributed by atoms with E-state index in [-0.39, 0.29) is 12.4 Å². The number of allylic oxidation sites excluding steroid dienone is 2. The molecule has 0 amide bonds. The molecule has 4 nitrogen and oxygen atoms in total. The van der Waals surface area contributed by atoms with Gasteiger partial charge in [-0.2, -0.15) is 0 Å². The van der Waals surface area contributed by atoms with E-state index in [9.17, 15) is 4.55 Å². The summed E-state index contributed by atoms with van der Waals surface area (Å²) in [4.78, 5) is 0. The lowest BCUT2D eigenvalue weighted by Gasteiger charge is -2.27. The first-order valence-electron chi connectivity index (χ1n) is 7.08. The Morgan fingerprint density at radius 2 is 2.40 bits per heavy atom. The molecule has 3 atom stereocenters. The molecule has 2 aliphatic rings. The fourth-order valence-corrected chi connectivity index (χ4v) is 2.68. The van der Waals surface area contributed by atoms with E-state index in [0.717, 1.165) is 31.6 Å². The molecule has 3 unspecified atom stereocenters. The van der Waals surface area contributed by atoms with E-state index in [0.29, 0.717) is 17.3 Å². The van der Waals surface area contributed by atoms with Gasteiger partial charge in [-0.3, -0.25) is 0 Å². The summed E-state index contributed by atoms with van der Waals surface area (Å²) in [5.74, 6) is 1.25. The second kappa shape index (κ2) is 7.88. The molecule has 2 rings (SSSR count). The Labute approximate surface area is 123 Å². The summed E-state index contributed by atoms with van der Waals surface area (Å²) in [5, 5.41) is 0.307. The molecular weight excluding hydrogens is 276 g/mol. The van der Waals surface area contributed by atoms with Gasteiger partial charge in [0.25, 0.3) is 0 Å². The normalized spacial score (nSPS) is 27.8. The highest BCUT2D eigenvalue weighted by atomic mass is 32.2. The standard InChI is InChI=1S/C15H22O4S/c1-3-20(16)12(2)18-13-7-6-8-14(11-13)19-15-9-4-5-10-17-15/h6-8,14-15H,2-5,9-11H2,1H3. The summed E-state index contributed by atoms with van der Waals surface area (Å²) in [6.45, 7) is 6.32. The molecule has 1 saturated heterocycles. The van der Waals surface area contributed by atoms with E-state index >= 15 is 0 Å². The van der Waals surface area contributed by atoms with Crippen molar-refractivity contribution in [2.45, 2.75) is 45.0 Å². The van der Waals surface area contributed by atoms with Crippen molar-refractivity contribution in [3.63, 3.8) is 0 Å². The lowest BCUT2D eigenvalue weighted by atomic mass is 10.1. The summed E-state index contributed by atoms with van der Waals surface area (Å²) in [7, 11) is 0. The fourth-order valence-electron chi connectivity index (χ4n) is 2.16. The summed E-state index contributed by atoms with van der Waals surface area (Å²) in [6, 6.07) is 0. The van der Waals surface area contributed by atoms with Crippen LogP contribution in [-0.4, -0.2) is 29.3 Å². The minimum atomic E-state index is -1.14. The van der Waals surface area contributed by atoms with Crippen LogP contribution in [0.25, 0.3) is 0 Å². The van der Waals surface area contributed by atoms with Gasteiger partial charge in [0.1, 0.15) is 11.5 Å². The predicted octanol–water partition coefficient (Wildman–Crippen LogP) is 3.00. The van der Waals surface area contributed by atoms with Gasteiger partial charge in [-0.15, -0.1) is 0 Å². The zero-order valence-electron chi connectivity index (χ0n) is 11.9. The second-order valence-corrected chi connectivity index (χ2v) is 6.52. The molecule has 1 aliphatic heterocycles. The van der Waals surface area contributed by atoms with Crippen LogP contribution in [0.3, 0.4) is 0 Å². The first-order valence-corrected chi connectivity index (χ1v) is 8.40. The quantitative estimate of drug-likeness (QED) is 0.559. The Hall–Kier alpha value is -0.750. The third-order valence-electron chi connectivity index (χ3n) is 3.24. The number of hydrogen-bond acceptors (Lipinski definition) is 4. The van der Waals surface area contributed by atoms with Gasteiger partial charge in [-0.05, 0) is 38.8 Å². The van der Waals surface area contributed by atoms with Crippen molar-refractivity contribution in [1.82, 2.24) is 0 Å². The topological polar surface area (TPSA) is 50.8 Å². The smallest absolute Gasteiger partial charge is 0.303 e. The van der Waals surface area contributed by atoms with Crippen molar-refractivity contribution in [3.05, 3.63) is 35.7 Å². The minimum absolute atomic E-state index is 0.0547. The van der Waals surface area contributed by atoms with Gasteiger partial charge < -0.3 is 18.8 Å². The van der Waals surface area contributed by atoms with Crippen molar-refractivity contribution in [3.8, 4) is 0 Å². The van der Waals surface area contributed by atoms with E-state index in [1.54, 1.807) is 0 Å². The van der Waals surface area contributed by atoms with E-state index in [2.05, 4.69) is 6.58 Å². The van der Waals surface area contributed by atoms with Gasteiger partial charge in [0.15, 0.2) is 6.29 Å². The van der Waals surface area contributed by atoms with Crippen molar-refractivity contribution in [2.24, 2.45) is 0 Å². The Morgan fingerprint density at radius 1 is 1.55 bits per heavy atom. The molecule has 0 aromatic carbocycles. The molecule has 20 heavy (non-hydrogen) atoms. The van der Waals surface area contributed by atoms with Crippen molar-refractivity contribution < 1.29 is 18.8 Å². The third kappa shape index (κ3) is 4.66. The van der Waals surface area contributed by atoms with Gasteiger partial charge in [-0.25, -0.2) is 0 Å². The van der Waals surface area contributed by atoms with Crippen molar-refractivity contribution >= 4 is 11.2 Å².